The first-order valence-electron chi connectivity index (χ1n) is 5.29. The Balaban J connectivity index is 1.99. The number of hydrogen-bond donors (Lipinski definition) is 2. The minimum Gasteiger partial charge on any atom is -0.465 e. The summed E-state index contributed by atoms with van der Waals surface area (Å²) in [4.78, 5) is 0. The highest BCUT2D eigenvalue weighted by molar-refractivity contribution is 5.04. The van der Waals surface area contributed by atoms with Gasteiger partial charge >= 0.3 is 0 Å². The molecular weight excluding hydrogens is 176 g/mol. The Labute approximate surface area is 85.9 Å². The smallest absolute Gasteiger partial charge is 0.117 e. The monoisotopic (exact) mass is 196 g/mol. The lowest BCUT2D eigenvalue weighted by Crippen LogP contribution is -2.21. The van der Waals surface area contributed by atoms with Crippen molar-refractivity contribution in [1.82, 2.24) is 10.6 Å². The zero-order valence-corrected chi connectivity index (χ0v) is 9.10. The topological polar surface area (TPSA) is 37.2 Å². The highest BCUT2D eigenvalue weighted by atomic mass is 16.3. The normalized spacial score (nSPS) is 10.7. The van der Waals surface area contributed by atoms with E-state index in [0.29, 0.717) is 0 Å². The van der Waals surface area contributed by atoms with Crippen LogP contribution in [0.3, 0.4) is 0 Å². The molecule has 3 nitrogen and oxygen atoms in total. The van der Waals surface area contributed by atoms with Crippen LogP contribution in [0.25, 0.3) is 0 Å². The van der Waals surface area contributed by atoms with Crippen LogP contribution in [0.4, 0.5) is 0 Å². The molecule has 1 rings (SSSR count). The van der Waals surface area contributed by atoms with E-state index in [0.717, 1.165) is 44.1 Å². The van der Waals surface area contributed by atoms with E-state index >= 15 is 0 Å². The van der Waals surface area contributed by atoms with Crippen LogP contribution in [0.15, 0.2) is 16.5 Å². The van der Waals surface area contributed by atoms with Gasteiger partial charge in [-0.15, -0.1) is 0 Å². The van der Waals surface area contributed by atoms with Crippen molar-refractivity contribution in [3.8, 4) is 0 Å². The average Bonchev–Trinajstić information content (AvgIpc) is 2.58. The molecule has 14 heavy (non-hydrogen) atoms. The number of furan rings is 1. The van der Waals surface area contributed by atoms with Gasteiger partial charge in [0, 0.05) is 0 Å². The minimum absolute atomic E-state index is 0.833. The number of nitrogens with one attached hydrogen (secondary N) is 2. The highest BCUT2D eigenvalue weighted by Gasteiger charge is 1.96. The second-order valence-electron chi connectivity index (χ2n) is 3.40. The maximum Gasteiger partial charge on any atom is 0.117 e. The molecule has 0 amide bonds. The third-order valence-corrected chi connectivity index (χ3v) is 2.05. The fraction of sp³-hybridized carbons (Fsp3) is 0.636. The van der Waals surface area contributed by atoms with Crippen molar-refractivity contribution in [2.45, 2.75) is 26.8 Å². The average molecular weight is 196 g/mol. The first-order chi connectivity index (χ1) is 6.83. The van der Waals surface area contributed by atoms with E-state index in [4.69, 9.17) is 4.42 Å². The van der Waals surface area contributed by atoms with E-state index in [1.54, 1.807) is 0 Å². The Hall–Kier alpha value is -0.800. The van der Waals surface area contributed by atoms with Crippen molar-refractivity contribution in [1.29, 1.82) is 0 Å². The van der Waals surface area contributed by atoms with Gasteiger partial charge in [-0.1, -0.05) is 6.92 Å². The summed E-state index contributed by atoms with van der Waals surface area (Å²) in [6.07, 6.45) is 1.16. The zero-order chi connectivity index (χ0) is 10.2. The summed E-state index contributed by atoms with van der Waals surface area (Å²) in [6.45, 7) is 8.10. The van der Waals surface area contributed by atoms with E-state index in [1.165, 1.54) is 0 Å². The first kappa shape index (κ1) is 11.3. The lowest BCUT2D eigenvalue weighted by Gasteiger charge is -2.02. The molecule has 0 atom stereocenters. The summed E-state index contributed by atoms with van der Waals surface area (Å²) in [5, 5.41) is 6.63. The second kappa shape index (κ2) is 6.62. The van der Waals surface area contributed by atoms with Crippen LogP contribution in [0.5, 0.6) is 0 Å². The predicted octanol–water partition coefficient (Wildman–Crippen LogP) is 1.68. The molecule has 0 radical (unpaired) electrons. The van der Waals surface area contributed by atoms with Crippen molar-refractivity contribution >= 4 is 0 Å². The molecular formula is C11H20N2O. The summed E-state index contributed by atoms with van der Waals surface area (Å²) < 4.78 is 5.43. The quantitative estimate of drug-likeness (QED) is 0.651. The van der Waals surface area contributed by atoms with Gasteiger partial charge < -0.3 is 15.1 Å². The molecule has 0 aromatic carbocycles. The Morgan fingerprint density at radius 1 is 1.21 bits per heavy atom. The first-order valence-corrected chi connectivity index (χ1v) is 5.29. The number of rotatable bonds is 7. The largest absolute Gasteiger partial charge is 0.465 e. The molecule has 1 aromatic heterocycles. The van der Waals surface area contributed by atoms with Crippen molar-refractivity contribution in [2.75, 3.05) is 19.6 Å². The summed E-state index contributed by atoms with van der Waals surface area (Å²) in [5.41, 5.74) is 0. The van der Waals surface area contributed by atoms with E-state index in [2.05, 4.69) is 17.6 Å². The number of aryl methyl sites for hydroxylation is 1. The van der Waals surface area contributed by atoms with E-state index < -0.39 is 0 Å². The summed E-state index contributed by atoms with van der Waals surface area (Å²) >= 11 is 0. The van der Waals surface area contributed by atoms with Crippen LogP contribution in [0.2, 0.25) is 0 Å². The Kier molecular flexibility index (Phi) is 5.33. The Morgan fingerprint density at radius 2 is 2.00 bits per heavy atom. The van der Waals surface area contributed by atoms with Crippen LogP contribution < -0.4 is 10.6 Å². The van der Waals surface area contributed by atoms with Crippen molar-refractivity contribution in [3.63, 3.8) is 0 Å². The van der Waals surface area contributed by atoms with Crippen LogP contribution >= 0.6 is 0 Å². The van der Waals surface area contributed by atoms with Gasteiger partial charge in [-0.05, 0) is 45.1 Å². The van der Waals surface area contributed by atoms with Crippen molar-refractivity contribution < 1.29 is 4.42 Å². The molecule has 0 aliphatic rings. The van der Waals surface area contributed by atoms with Crippen LogP contribution in [-0.4, -0.2) is 19.6 Å². The SMILES string of the molecule is CCNCCCNCc1ccc(C)o1. The van der Waals surface area contributed by atoms with Gasteiger partial charge in [-0.2, -0.15) is 0 Å². The molecule has 0 spiro atoms. The van der Waals surface area contributed by atoms with Crippen molar-refractivity contribution in [3.05, 3.63) is 23.7 Å². The third kappa shape index (κ3) is 4.44. The van der Waals surface area contributed by atoms with Gasteiger partial charge in [0.2, 0.25) is 0 Å². The fourth-order valence-electron chi connectivity index (χ4n) is 1.31. The van der Waals surface area contributed by atoms with Gasteiger partial charge in [-0.25, -0.2) is 0 Å². The molecule has 80 valence electrons. The maximum absolute atomic E-state index is 5.43. The van der Waals surface area contributed by atoms with Gasteiger partial charge in [-0.3, -0.25) is 0 Å². The van der Waals surface area contributed by atoms with Crippen molar-refractivity contribution in [2.24, 2.45) is 0 Å². The highest BCUT2D eigenvalue weighted by Crippen LogP contribution is 2.04. The molecule has 1 aromatic rings. The Bertz CT molecular complexity index is 245. The molecule has 3 heteroatoms. The molecule has 0 aliphatic carbocycles. The molecule has 0 unspecified atom stereocenters. The molecule has 0 saturated carbocycles. The van der Waals surface area contributed by atoms with Gasteiger partial charge in [0.15, 0.2) is 0 Å². The molecule has 2 N–H and O–H groups in total. The van der Waals surface area contributed by atoms with Gasteiger partial charge in [0.1, 0.15) is 11.5 Å². The number of hydrogen-bond acceptors (Lipinski definition) is 3. The van der Waals surface area contributed by atoms with Crippen LogP contribution in [-0.2, 0) is 6.54 Å². The lowest BCUT2D eigenvalue weighted by atomic mass is 10.4. The summed E-state index contributed by atoms with van der Waals surface area (Å²) in [5.74, 6) is 2.00. The predicted molar refractivity (Wildman–Crippen MR) is 58.3 cm³/mol. The standard InChI is InChI=1S/C11H20N2O/c1-3-12-7-4-8-13-9-11-6-5-10(2)14-11/h5-6,12-13H,3-4,7-9H2,1-2H3. The molecule has 1 heterocycles. The van der Waals surface area contributed by atoms with Crippen LogP contribution in [0, 0.1) is 6.92 Å². The summed E-state index contributed by atoms with van der Waals surface area (Å²) in [6, 6.07) is 4.02. The zero-order valence-electron chi connectivity index (χ0n) is 9.10. The van der Waals surface area contributed by atoms with E-state index in [1.807, 2.05) is 19.1 Å². The van der Waals surface area contributed by atoms with Gasteiger partial charge in [0.25, 0.3) is 0 Å². The van der Waals surface area contributed by atoms with E-state index in [9.17, 15) is 0 Å². The lowest BCUT2D eigenvalue weighted by molar-refractivity contribution is 0.459. The third-order valence-electron chi connectivity index (χ3n) is 2.05. The molecule has 0 aliphatic heterocycles. The van der Waals surface area contributed by atoms with Gasteiger partial charge in [0.05, 0.1) is 6.54 Å². The molecule has 0 fully saturated rings. The summed E-state index contributed by atoms with van der Waals surface area (Å²) in [7, 11) is 0. The Morgan fingerprint density at radius 3 is 2.64 bits per heavy atom. The second-order valence-corrected chi connectivity index (χ2v) is 3.40. The minimum atomic E-state index is 0.833. The molecule has 0 bridgehead atoms. The molecule has 0 saturated heterocycles. The van der Waals surface area contributed by atoms with E-state index in [-0.39, 0.29) is 0 Å². The fourth-order valence-corrected chi connectivity index (χ4v) is 1.31. The van der Waals surface area contributed by atoms with Crippen LogP contribution in [0.1, 0.15) is 24.9 Å². The maximum atomic E-state index is 5.43.